The van der Waals surface area contributed by atoms with Crippen LogP contribution < -0.4 is 4.74 Å². The molecule has 1 heterocycles. The molecule has 0 saturated carbocycles. The lowest BCUT2D eigenvalue weighted by molar-refractivity contribution is 0.395. The molecule has 0 aliphatic carbocycles. The van der Waals surface area contributed by atoms with Crippen LogP contribution in [0.2, 0.25) is 0 Å². The van der Waals surface area contributed by atoms with Gasteiger partial charge in [-0.3, -0.25) is 0 Å². The summed E-state index contributed by atoms with van der Waals surface area (Å²) in [6.45, 7) is 4.33. The highest BCUT2D eigenvalue weighted by molar-refractivity contribution is 9.09. The summed E-state index contributed by atoms with van der Waals surface area (Å²) in [6, 6.07) is 5.88. The Labute approximate surface area is 93.8 Å². The Balaban J connectivity index is 2.83. The molecule has 0 saturated heterocycles. The fourth-order valence-electron chi connectivity index (χ4n) is 1.34. The van der Waals surface area contributed by atoms with Gasteiger partial charge in [0.1, 0.15) is 0 Å². The molecule has 14 heavy (non-hydrogen) atoms. The maximum Gasteiger partial charge on any atom is 0.213 e. The molecule has 0 N–H and O–H groups in total. The van der Waals surface area contributed by atoms with Crippen LogP contribution in [0, 0.1) is 0 Å². The molecule has 2 atom stereocenters. The zero-order valence-corrected chi connectivity index (χ0v) is 10.4. The summed E-state index contributed by atoms with van der Waals surface area (Å²) < 4.78 is 5.09. The van der Waals surface area contributed by atoms with Gasteiger partial charge in [-0.25, -0.2) is 4.98 Å². The van der Waals surface area contributed by atoms with Crippen LogP contribution in [0.5, 0.6) is 5.88 Å². The van der Waals surface area contributed by atoms with Gasteiger partial charge in [0, 0.05) is 22.5 Å². The van der Waals surface area contributed by atoms with E-state index in [-0.39, 0.29) is 0 Å². The van der Waals surface area contributed by atoms with E-state index in [9.17, 15) is 0 Å². The summed E-state index contributed by atoms with van der Waals surface area (Å²) >= 11 is 3.64. The standard InChI is InChI=1S/C11H16BrNO/c1-4-9(12)8(2)10-6-5-7-11(13-10)14-3/h5-9H,4H2,1-3H3. The van der Waals surface area contributed by atoms with Gasteiger partial charge in [-0.2, -0.15) is 0 Å². The highest BCUT2D eigenvalue weighted by Gasteiger charge is 2.15. The Hall–Kier alpha value is -0.570. The molecule has 0 radical (unpaired) electrons. The quantitative estimate of drug-likeness (QED) is 0.772. The van der Waals surface area contributed by atoms with Crippen molar-refractivity contribution in [1.29, 1.82) is 0 Å². The average Bonchev–Trinajstić information content (AvgIpc) is 2.27. The molecule has 1 rings (SSSR count). The van der Waals surface area contributed by atoms with E-state index in [1.54, 1.807) is 7.11 Å². The maximum atomic E-state index is 5.09. The van der Waals surface area contributed by atoms with Crippen molar-refractivity contribution in [2.45, 2.75) is 31.0 Å². The normalized spacial score (nSPS) is 14.9. The van der Waals surface area contributed by atoms with Crippen LogP contribution in [0.15, 0.2) is 18.2 Å². The van der Waals surface area contributed by atoms with E-state index in [1.807, 2.05) is 18.2 Å². The van der Waals surface area contributed by atoms with Crippen molar-refractivity contribution in [1.82, 2.24) is 4.98 Å². The Morgan fingerprint density at radius 3 is 2.79 bits per heavy atom. The second-order valence-electron chi connectivity index (χ2n) is 3.32. The van der Waals surface area contributed by atoms with Gasteiger partial charge in [0.15, 0.2) is 0 Å². The number of ether oxygens (including phenoxy) is 1. The van der Waals surface area contributed by atoms with Gasteiger partial charge in [-0.1, -0.05) is 35.8 Å². The number of pyridine rings is 1. The first-order valence-electron chi connectivity index (χ1n) is 4.84. The van der Waals surface area contributed by atoms with Crippen LogP contribution in [-0.4, -0.2) is 16.9 Å². The number of alkyl halides is 1. The fourth-order valence-corrected chi connectivity index (χ4v) is 1.61. The molecular weight excluding hydrogens is 242 g/mol. The average molecular weight is 258 g/mol. The molecule has 0 amide bonds. The van der Waals surface area contributed by atoms with E-state index in [2.05, 4.69) is 34.8 Å². The largest absolute Gasteiger partial charge is 0.481 e. The number of hydrogen-bond acceptors (Lipinski definition) is 2. The molecule has 0 bridgehead atoms. The van der Waals surface area contributed by atoms with Crippen molar-refractivity contribution >= 4 is 15.9 Å². The van der Waals surface area contributed by atoms with Gasteiger partial charge in [0.25, 0.3) is 0 Å². The fraction of sp³-hybridized carbons (Fsp3) is 0.545. The van der Waals surface area contributed by atoms with Crippen molar-refractivity contribution in [3.63, 3.8) is 0 Å². The van der Waals surface area contributed by atoms with Gasteiger partial charge >= 0.3 is 0 Å². The summed E-state index contributed by atoms with van der Waals surface area (Å²) in [5.74, 6) is 1.10. The lowest BCUT2D eigenvalue weighted by atomic mass is 10.0. The molecule has 0 aromatic carbocycles. The highest BCUT2D eigenvalue weighted by Crippen LogP contribution is 2.26. The van der Waals surface area contributed by atoms with Crippen LogP contribution in [0.4, 0.5) is 0 Å². The Kier molecular flexibility index (Phi) is 4.39. The number of hydrogen-bond donors (Lipinski definition) is 0. The van der Waals surface area contributed by atoms with Crippen LogP contribution in [0.25, 0.3) is 0 Å². The predicted molar refractivity (Wildman–Crippen MR) is 62.2 cm³/mol. The summed E-state index contributed by atoms with van der Waals surface area (Å²) in [6.07, 6.45) is 1.10. The van der Waals surface area contributed by atoms with E-state index in [0.29, 0.717) is 16.6 Å². The second kappa shape index (κ2) is 5.35. The number of aromatic nitrogens is 1. The van der Waals surface area contributed by atoms with Gasteiger partial charge in [0.05, 0.1) is 7.11 Å². The third-order valence-electron chi connectivity index (χ3n) is 2.35. The third-order valence-corrected chi connectivity index (χ3v) is 3.79. The van der Waals surface area contributed by atoms with E-state index in [1.165, 1.54) is 0 Å². The third kappa shape index (κ3) is 2.71. The predicted octanol–water partition coefficient (Wildman–Crippen LogP) is 3.37. The van der Waals surface area contributed by atoms with Gasteiger partial charge in [0.2, 0.25) is 5.88 Å². The van der Waals surface area contributed by atoms with Crippen molar-refractivity contribution in [3.05, 3.63) is 23.9 Å². The smallest absolute Gasteiger partial charge is 0.213 e. The molecule has 1 aromatic rings. The number of nitrogens with zero attached hydrogens (tertiary/aromatic N) is 1. The molecule has 1 aromatic heterocycles. The van der Waals surface area contributed by atoms with Gasteiger partial charge in [-0.15, -0.1) is 0 Å². The topological polar surface area (TPSA) is 22.1 Å². The second-order valence-corrected chi connectivity index (χ2v) is 4.49. The monoisotopic (exact) mass is 257 g/mol. The summed E-state index contributed by atoms with van der Waals surface area (Å²) in [4.78, 5) is 4.88. The first-order chi connectivity index (χ1) is 6.69. The molecule has 0 spiro atoms. The summed E-state index contributed by atoms with van der Waals surface area (Å²) in [7, 11) is 1.64. The summed E-state index contributed by atoms with van der Waals surface area (Å²) in [5.41, 5.74) is 1.08. The first kappa shape index (κ1) is 11.5. The Morgan fingerprint density at radius 1 is 1.50 bits per heavy atom. The Bertz CT molecular complexity index is 290. The van der Waals surface area contributed by atoms with Crippen LogP contribution in [-0.2, 0) is 0 Å². The van der Waals surface area contributed by atoms with E-state index < -0.39 is 0 Å². The number of rotatable bonds is 4. The molecule has 2 nitrogen and oxygen atoms in total. The zero-order valence-electron chi connectivity index (χ0n) is 8.83. The molecular formula is C11H16BrNO. The molecule has 0 aliphatic heterocycles. The molecule has 78 valence electrons. The van der Waals surface area contributed by atoms with Crippen molar-refractivity contribution in [2.24, 2.45) is 0 Å². The SMILES string of the molecule is CCC(Br)C(C)c1cccc(OC)n1. The lowest BCUT2D eigenvalue weighted by Crippen LogP contribution is -2.09. The minimum absolute atomic E-state index is 0.412. The van der Waals surface area contributed by atoms with Crippen LogP contribution >= 0.6 is 15.9 Å². The van der Waals surface area contributed by atoms with Gasteiger partial charge < -0.3 is 4.74 Å². The lowest BCUT2D eigenvalue weighted by Gasteiger charge is -2.16. The minimum atomic E-state index is 0.412. The zero-order chi connectivity index (χ0) is 10.6. The van der Waals surface area contributed by atoms with Crippen molar-refractivity contribution < 1.29 is 4.74 Å². The molecule has 0 fully saturated rings. The van der Waals surface area contributed by atoms with Crippen molar-refractivity contribution in [2.75, 3.05) is 7.11 Å². The van der Waals surface area contributed by atoms with Crippen LogP contribution in [0.3, 0.4) is 0 Å². The van der Waals surface area contributed by atoms with Crippen molar-refractivity contribution in [3.8, 4) is 5.88 Å². The molecule has 2 unspecified atom stereocenters. The number of halogens is 1. The van der Waals surface area contributed by atoms with Crippen LogP contribution in [0.1, 0.15) is 31.9 Å². The summed E-state index contributed by atoms with van der Waals surface area (Å²) in [5, 5.41) is 0. The molecule has 3 heteroatoms. The Morgan fingerprint density at radius 2 is 2.21 bits per heavy atom. The van der Waals surface area contributed by atoms with Gasteiger partial charge in [-0.05, 0) is 12.5 Å². The van der Waals surface area contributed by atoms with E-state index in [4.69, 9.17) is 4.74 Å². The maximum absolute atomic E-state index is 5.09. The van der Waals surface area contributed by atoms with E-state index >= 15 is 0 Å². The molecule has 0 aliphatic rings. The van der Waals surface area contributed by atoms with E-state index in [0.717, 1.165) is 12.1 Å². The number of methoxy groups -OCH3 is 1. The highest BCUT2D eigenvalue weighted by atomic mass is 79.9. The minimum Gasteiger partial charge on any atom is -0.481 e. The first-order valence-corrected chi connectivity index (χ1v) is 5.75.